The van der Waals surface area contributed by atoms with E-state index < -0.39 is 0 Å². The molecule has 2 aromatic carbocycles. The third-order valence-corrected chi connectivity index (χ3v) is 6.71. The Morgan fingerprint density at radius 3 is 2.67 bits per heavy atom. The number of hydrogen-bond donors (Lipinski definition) is 1. The number of fused-ring (bicyclic) bond motifs is 1. The van der Waals surface area contributed by atoms with E-state index in [1.54, 1.807) is 0 Å². The van der Waals surface area contributed by atoms with Crippen LogP contribution < -0.4 is 10.2 Å². The van der Waals surface area contributed by atoms with Gasteiger partial charge in [-0.25, -0.2) is 0 Å². The largest absolute Gasteiger partial charge is 0.362 e. The van der Waals surface area contributed by atoms with Crippen LogP contribution in [0.15, 0.2) is 48.5 Å². The number of benzene rings is 2. The quantitative estimate of drug-likeness (QED) is 0.755. The van der Waals surface area contributed by atoms with Gasteiger partial charge in [-0.2, -0.15) is 5.26 Å². The zero-order chi connectivity index (χ0) is 20.9. The normalized spacial score (nSPS) is 20.1. The lowest BCUT2D eigenvalue weighted by molar-refractivity contribution is -0.122. The summed E-state index contributed by atoms with van der Waals surface area (Å²) in [5.74, 6) is 0.721. The van der Waals surface area contributed by atoms with Crippen molar-refractivity contribution in [2.75, 3.05) is 11.4 Å². The Morgan fingerprint density at radius 1 is 1.17 bits per heavy atom. The average molecular weight is 402 g/mol. The van der Waals surface area contributed by atoms with E-state index in [9.17, 15) is 10.1 Å². The summed E-state index contributed by atoms with van der Waals surface area (Å²) in [6, 6.07) is 18.9. The first-order valence-electron chi connectivity index (χ1n) is 11.3. The standard InChI is InChI=1S/C26H31N3O/c1-19(22-10-6-3-7-11-22)29-18-24(16-23-14-21(17-27)12-13-25(23)29)28-26(30)15-20-8-4-2-5-9-20/h3,6-7,10-14,19-20,24H,2,4-5,8-9,15-16,18H2,1H3,(H,28,30). The molecule has 0 bridgehead atoms. The molecule has 2 unspecified atom stereocenters. The molecule has 0 spiro atoms. The van der Waals surface area contributed by atoms with Crippen LogP contribution in [0.5, 0.6) is 0 Å². The summed E-state index contributed by atoms with van der Waals surface area (Å²) < 4.78 is 0. The predicted octanol–water partition coefficient (Wildman–Crippen LogP) is 5.14. The molecule has 2 aliphatic rings. The van der Waals surface area contributed by atoms with E-state index in [0.717, 1.165) is 18.5 Å². The van der Waals surface area contributed by atoms with Gasteiger partial charge in [-0.3, -0.25) is 4.79 Å². The maximum Gasteiger partial charge on any atom is 0.220 e. The second kappa shape index (κ2) is 9.34. The zero-order valence-corrected chi connectivity index (χ0v) is 17.8. The maximum absolute atomic E-state index is 12.8. The zero-order valence-electron chi connectivity index (χ0n) is 17.8. The lowest BCUT2D eigenvalue weighted by Gasteiger charge is -2.40. The van der Waals surface area contributed by atoms with Crippen LogP contribution in [0.2, 0.25) is 0 Å². The molecule has 1 heterocycles. The molecule has 0 saturated heterocycles. The van der Waals surface area contributed by atoms with E-state index >= 15 is 0 Å². The average Bonchev–Trinajstić information content (AvgIpc) is 2.78. The molecule has 1 aliphatic carbocycles. The Bertz CT molecular complexity index is 912. The topological polar surface area (TPSA) is 56.1 Å². The first-order valence-corrected chi connectivity index (χ1v) is 11.3. The van der Waals surface area contributed by atoms with E-state index in [1.807, 2.05) is 18.2 Å². The van der Waals surface area contributed by atoms with Gasteiger partial charge in [0.05, 0.1) is 23.7 Å². The molecule has 4 heteroatoms. The summed E-state index contributed by atoms with van der Waals surface area (Å²) in [6.07, 6.45) is 7.62. The highest BCUT2D eigenvalue weighted by atomic mass is 16.1. The minimum absolute atomic E-state index is 0.0636. The molecule has 30 heavy (non-hydrogen) atoms. The molecule has 4 nitrogen and oxygen atoms in total. The molecule has 1 amide bonds. The number of amides is 1. The minimum Gasteiger partial charge on any atom is -0.362 e. The van der Waals surface area contributed by atoms with Gasteiger partial charge in [0.2, 0.25) is 5.91 Å². The molecule has 2 atom stereocenters. The number of hydrogen-bond acceptors (Lipinski definition) is 3. The number of carbonyl (C=O) groups excluding carboxylic acids is 1. The highest BCUT2D eigenvalue weighted by molar-refractivity contribution is 5.77. The number of anilines is 1. The molecule has 1 aliphatic heterocycles. The molecule has 1 N–H and O–H groups in total. The molecular formula is C26H31N3O. The Balaban J connectivity index is 1.53. The van der Waals surface area contributed by atoms with E-state index in [4.69, 9.17) is 0 Å². The summed E-state index contributed by atoms with van der Waals surface area (Å²) in [5.41, 5.74) is 4.24. The first-order chi connectivity index (χ1) is 14.6. The third kappa shape index (κ3) is 4.67. The fourth-order valence-electron chi connectivity index (χ4n) is 5.08. The van der Waals surface area contributed by atoms with Gasteiger partial charge < -0.3 is 10.2 Å². The number of nitrogens with one attached hydrogen (secondary N) is 1. The van der Waals surface area contributed by atoms with Crippen molar-refractivity contribution < 1.29 is 4.79 Å². The van der Waals surface area contributed by atoms with Gasteiger partial charge in [0.15, 0.2) is 0 Å². The van der Waals surface area contributed by atoms with Crippen molar-refractivity contribution in [1.82, 2.24) is 5.32 Å². The third-order valence-electron chi connectivity index (χ3n) is 6.71. The van der Waals surface area contributed by atoms with Crippen LogP contribution in [0.4, 0.5) is 5.69 Å². The summed E-state index contributed by atoms with van der Waals surface area (Å²) in [5, 5.41) is 12.7. The number of rotatable bonds is 5. The Labute approximate surface area is 179 Å². The molecule has 0 radical (unpaired) electrons. The van der Waals surface area contributed by atoms with Gasteiger partial charge in [-0.15, -0.1) is 0 Å². The van der Waals surface area contributed by atoms with Crippen molar-refractivity contribution in [3.63, 3.8) is 0 Å². The van der Waals surface area contributed by atoms with Crippen molar-refractivity contribution in [1.29, 1.82) is 5.26 Å². The van der Waals surface area contributed by atoms with E-state index in [0.29, 0.717) is 17.9 Å². The van der Waals surface area contributed by atoms with Crippen LogP contribution in [0.1, 0.15) is 68.2 Å². The van der Waals surface area contributed by atoms with Crippen molar-refractivity contribution in [3.05, 3.63) is 65.2 Å². The van der Waals surface area contributed by atoms with Crippen LogP contribution in [-0.4, -0.2) is 18.5 Å². The van der Waals surface area contributed by atoms with Crippen molar-refractivity contribution in [2.24, 2.45) is 5.92 Å². The van der Waals surface area contributed by atoms with Gasteiger partial charge >= 0.3 is 0 Å². The molecule has 1 fully saturated rings. The van der Waals surface area contributed by atoms with E-state index in [2.05, 4.69) is 53.5 Å². The molecule has 156 valence electrons. The lowest BCUT2D eigenvalue weighted by Crippen LogP contribution is -2.49. The summed E-state index contributed by atoms with van der Waals surface area (Å²) in [7, 11) is 0. The second-order valence-corrected chi connectivity index (χ2v) is 8.87. The van der Waals surface area contributed by atoms with Gasteiger partial charge in [0.25, 0.3) is 0 Å². The molecule has 4 rings (SSSR count). The fraction of sp³-hybridized carbons (Fsp3) is 0.462. The van der Waals surface area contributed by atoms with Gasteiger partial charge in [0.1, 0.15) is 0 Å². The smallest absolute Gasteiger partial charge is 0.220 e. The van der Waals surface area contributed by atoms with E-state index in [-0.39, 0.29) is 18.0 Å². The van der Waals surface area contributed by atoms with Gasteiger partial charge in [-0.1, -0.05) is 49.6 Å². The SMILES string of the molecule is CC(c1ccccc1)N1CC(NC(=O)CC2CCCCC2)Cc2cc(C#N)ccc21. The summed E-state index contributed by atoms with van der Waals surface area (Å²) >= 11 is 0. The first kappa shape index (κ1) is 20.5. The second-order valence-electron chi connectivity index (χ2n) is 8.87. The predicted molar refractivity (Wildman–Crippen MR) is 120 cm³/mol. The van der Waals surface area contributed by atoms with Crippen molar-refractivity contribution in [3.8, 4) is 6.07 Å². The van der Waals surface area contributed by atoms with Crippen molar-refractivity contribution >= 4 is 11.6 Å². The number of carbonyl (C=O) groups is 1. The summed E-state index contributed by atoms with van der Waals surface area (Å²) in [4.78, 5) is 15.2. The van der Waals surface area contributed by atoms with Crippen LogP contribution in [0, 0.1) is 17.2 Å². The summed E-state index contributed by atoms with van der Waals surface area (Å²) in [6.45, 7) is 2.99. The van der Waals surface area contributed by atoms with E-state index in [1.165, 1.54) is 43.4 Å². The van der Waals surface area contributed by atoms with Crippen LogP contribution in [0.3, 0.4) is 0 Å². The monoisotopic (exact) mass is 401 g/mol. The Morgan fingerprint density at radius 2 is 1.93 bits per heavy atom. The molecule has 0 aromatic heterocycles. The highest BCUT2D eigenvalue weighted by Crippen LogP contribution is 2.35. The van der Waals surface area contributed by atoms with Crippen LogP contribution in [-0.2, 0) is 11.2 Å². The molecular weight excluding hydrogens is 370 g/mol. The van der Waals surface area contributed by atoms with Crippen molar-refractivity contribution in [2.45, 2.75) is 64.0 Å². The molecule has 1 saturated carbocycles. The van der Waals surface area contributed by atoms with Gasteiger partial charge in [0, 0.05) is 18.7 Å². The molecule has 2 aromatic rings. The van der Waals surface area contributed by atoms with Crippen LogP contribution >= 0.6 is 0 Å². The maximum atomic E-state index is 12.8. The van der Waals surface area contributed by atoms with Gasteiger partial charge in [-0.05, 0) is 61.4 Å². The Hall–Kier alpha value is -2.80. The lowest BCUT2D eigenvalue weighted by atomic mass is 9.86. The van der Waals surface area contributed by atoms with Crippen LogP contribution in [0.25, 0.3) is 0 Å². The minimum atomic E-state index is 0.0636. The number of nitrogens with zero attached hydrogens (tertiary/aromatic N) is 2. The fourth-order valence-corrected chi connectivity index (χ4v) is 5.08. The highest BCUT2D eigenvalue weighted by Gasteiger charge is 2.30. The Kier molecular flexibility index (Phi) is 6.38. The number of nitriles is 1.